The van der Waals surface area contributed by atoms with Crippen LogP contribution in [0.4, 0.5) is 15.8 Å². The van der Waals surface area contributed by atoms with Gasteiger partial charge in [0.05, 0.1) is 17.8 Å². The average molecular weight is 417 g/mol. The minimum atomic E-state index is -0.951. The number of nitrogens with two attached hydrogens (primary N) is 1. The van der Waals surface area contributed by atoms with Gasteiger partial charge in [-0.3, -0.25) is 14.6 Å². The van der Waals surface area contributed by atoms with Crippen LogP contribution in [0.15, 0.2) is 71.7 Å². The minimum absolute atomic E-state index is 0.148. The van der Waals surface area contributed by atoms with Crippen molar-refractivity contribution in [2.75, 3.05) is 5.32 Å². The summed E-state index contributed by atoms with van der Waals surface area (Å²) >= 11 is 0. The average Bonchev–Trinajstić information content (AvgIpc) is 3.06. The number of hydrogen-bond donors (Lipinski definition) is 3. The molecule has 1 aliphatic rings. The summed E-state index contributed by atoms with van der Waals surface area (Å²) in [5, 5.41) is 11.9. The van der Waals surface area contributed by atoms with E-state index in [1.807, 2.05) is 24.3 Å². The largest absolute Gasteiger partial charge is 0.481 e. The van der Waals surface area contributed by atoms with Crippen LogP contribution in [-0.4, -0.2) is 22.7 Å². The molecule has 7 heteroatoms. The van der Waals surface area contributed by atoms with Crippen molar-refractivity contribution in [2.45, 2.75) is 18.9 Å². The molecule has 1 aliphatic heterocycles. The normalized spacial score (nSPS) is 15.5. The third-order valence-electron chi connectivity index (χ3n) is 5.12. The summed E-state index contributed by atoms with van der Waals surface area (Å²) in [5.41, 5.74) is 9.93. The molecular weight excluding hydrogens is 397 g/mol. The highest BCUT2D eigenvalue weighted by Gasteiger charge is 2.35. The van der Waals surface area contributed by atoms with Crippen molar-refractivity contribution in [3.8, 4) is 0 Å². The first-order valence-electron chi connectivity index (χ1n) is 9.73. The summed E-state index contributed by atoms with van der Waals surface area (Å²) in [6.45, 7) is 0.401. The molecule has 0 bridgehead atoms. The summed E-state index contributed by atoms with van der Waals surface area (Å²) in [5.74, 6) is -2.47. The van der Waals surface area contributed by atoms with E-state index < -0.39 is 17.7 Å². The third-order valence-corrected chi connectivity index (χ3v) is 5.12. The number of rotatable bonds is 6. The van der Waals surface area contributed by atoms with Crippen molar-refractivity contribution in [1.82, 2.24) is 0 Å². The van der Waals surface area contributed by atoms with Crippen LogP contribution >= 0.6 is 0 Å². The Morgan fingerprint density at radius 2 is 1.84 bits per heavy atom. The van der Waals surface area contributed by atoms with Crippen molar-refractivity contribution in [2.24, 2.45) is 10.7 Å². The second-order valence-corrected chi connectivity index (χ2v) is 7.29. The predicted molar refractivity (Wildman–Crippen MR) is 116 cm³/mol. The van der Waals surface area contributed by atoms with E-state index in [0.717, 1.165) is 5.56 Å². The van der Waals surface area contributed by atoms with Crippen molar-refractivity contribution in [1.29, 1.82) is 0 Å². The van der Waals surface area contributed by atoms with E-state index in [9.17, 15) is 14.0 Å². The number of carboxylic acid groups (broad SMARTS) is 1. The molecule has 0 fully saturated rings. The SMILES string of the molecule is NCc1ccc(N=C(c2cccc(CC(=O)O)c2)C2C(=O)Nc3cc(F)ccc32)cc1. The van der Waals surface area contributed by atoms with E-state index in [-0.39, 0.29) is 12.3 Å². The summed E-state index contributed by atoms with van der Waals surface area (Å²) in [6, 6.07) is 18.4. The van der Waals surface area contributed by atoms with Gasteiger partial charge in [-0.25, -0.2) is 4.39 Å². The Labute approximate surface area is 178 Å². The van der Waals surface area contributed by atoms with E-state index in [2.05, 4.69) is 5.32 Å². The fourth-order valence-corrected chi connectivity index (χ4v) is 3.66. The molecule has 6 nitrogen and oxygen atoms in total. The van der Waals surface area contributed by atoms with E-state index in [0.29, 0.717) is 40.3 Å². The molecular formula is C24H20FN3O3. The minimum Gasteiger partial charge on any atom is -0.481 e. The molecule has 1 amide bonds. The van der Waals surface area contributed by atoms with Gasteiger partial charge in [0.25, 0.3) is 0 Å². The molecule has 0 saturated heterocycles. The Hall–Kier alpha value is -3.84. The lowest BCUT2D eigenvalue weighted by Crippen LogP contribution is -2.22. The van der Waals surface area contributed by atoms with Crippen LogP contribution in [0, 0.1) is 5.82 Å². The zero-order valence-corrected chi connectivity index (χ0v) is 16.5. The van der Waals surface area contributed by atoms with Gasteiger partial charge in [-0.15, -0.1) is 0 Å². The molecule has 0 aromatic heterocycles. The van der Waals surface area contributed by atoms with Crippen LogP contribution in [0.5, 0.6) is 0 Å². The quantitative estimate of drug-likeness (QED) is 0.531. The summed E-state index contributed by atoms with van der Waals surface area (Å²) < 4.78 is 13.7. The third kappa shape index (κ3) is 4.36. The van der Waals surface area contributed by atoms with Crippen LogP contribution in [-0.2, 0) is 22.6 Å². The molecule has 1 heterocycles. The molecule has 4 rings (SSSR count). The number of aliphatic carboxylic acids is 1. The van der Waals surface area contributed by atoms with Gasteiger partial charge in [-0.1, -0.05) is 36.4 Å². The van der Waals surface area contributed by atoms with Gasteiger partial charge in [0, 0.05) is 12.2 Å². The Morgan fingerprint density at radius 3 is 2.55 bits per heavy atom. The topological polar surface area (TPSA) is 105 Å². The molecule has 3 aromatic carbocycles. The van der Waals surface area contributed by atoms with E-state index in [4.69, 9.17) is 15.8 Å². The number of halogens is 1. The van der Waals surface area contributed by atoms with E-state index in [1.165, 1.54) is 12.1 Å². The van der Waals surface area contributed by atoms with Crippen molar-refractivity contribution >= 4 is 29.0 Å². The van der Waals surface area contributed by atoms with Gasteiger partial charge in [0.2, 0.25) is 5.91 Å². The number of aliphatic imine (C=N–C) groups is 1. The molecule has 0 spiro atoms. The highest BCUT2D eigenvalue weighted by atomic mass is 19.1. The number of carbonyl (C=O) groups excluding carboxylic acids is 1. The Bertz CT molecular complexity index is 1190. The van der Waals surface area contributed by atoms with E-state index in [1.54, 1.807) is 30.3 Å². The van der Waals surface area contributed by atoms with Crippen molar-refractivity contribution in [3.63, 3.8) is 0 Å². The molecule has 0 saturated carbocycles. The number of carboxylic acids is 1. The Balaban J connectivity index is 1.85. The molecule has 31 heavy (non-hydrogen) atoms. The first-order chi connectivity index (χ1) is 14.9. The van der Waals surface area contributed by atoms with Gasteiger partial charge in [0.1, 0.15) is 11.7 Å². The second-order valence-electron chi connectivity index (χ2n) is 7.29. The van der Waals surface area contributed by atoms with Crippen LogP contribution in [0.2, 0.25) is 0 Å². The van der Waals surface area contributed by atoms with Crippen LogP contribution in [0.1, 0.15) is 28.2 Å². The lowest BCUT2D eigenvalue weighted by atomic mass is 9.89. The predicted octanol–water partition coefficient (Wildman–Crippen LogP) is 3.77. The zero-order chi connectivity index (χ0) is 22.0. The first kappa shape index (κ1) is 20.4. The van der Waals surface area contributed by atoms with Gasteiger partial charge in [0.15, 0.2) is 0 Å². The molecule has 0 radical (unpaired) electrons. The van der Waals surface area contributed by atoms with Crippen molar-refractivity contribution in [3.05, 3.63) is 94.8 Å². The van der Waals surface area contributed by atoms with E-state index >= 15 is 0 Å². The lowest BCUT2D eigenvalue weighted by molar-refractivity contribution is -0.136. The maximum absolute atomic E-state index is 13.7. The Kier molecular flexibility index (Phi) is 5.60. The van der Waals surface area contributed by atoms with Crippen LogP contribution in [0.3, 0.4) is 0 Å². The summed E-state index contributed by atoms with van der Waals surface area (Å²) in [7, 11) is 0. The van der Waals surface area contributed by atoms with Crippen LogP contribution in [0.25, 0.3) is 0 Å². The molecule has 0 aliphatic carbocycles. The second kappa shape index (κ2) is 8.49. The highest BCUT2D eigenvalue weighted by molar-refractivity contribution is 6.24. The standard InChI is InChI=1S/C24H20FN3O3/c25-17-6-9-19-20(12-17)28-24(31)22(19)23(27-18-7-4-14(13-26)5-8-18)16-3-1-2-15(10-16)11-21(29)30/h1-10,12,22H,11,13,26H2,(H,28,31)(H,29,30). The molecule has 3 aromatic rings. The number of carbonyl (C=O) groups is 2. The number of nitrogens with zero attached hydrogens (tertiary/aromatic N) is 1. The fourth-order valence-electron chi connectivity index (χ4n) is 3.66. The zero-order valence-electron chi connectivity index (χ0n) is 16.5. The Morgan fingerprint density at radius 1 is 1.06 bits per heavy atom. The lowest BCUT2D eigenvalue weighted by Gasteiger charge is -2.15. The van der Waals surface area contributed by atoms with Crippen LogP contribution < -0.4 is 11.1 Å². The summed E-state index contributed by atoms with van der Waals surface area (Å²) in [6.07, 6.45) is -0.148. The smallest absolute Gasteiger partial charge is 0.307 e. The first-order valence-corrected chi connectivity index (χ1v) is 9.73. The van der Waals surface area contributed by atoms with Gasteiger partial charge in [-0.2, -0.15) is 0 Å². The molecule has 156 valence electrons. The molecule has 4 N–H and O–H groups in total. The number of hydrogen-bond acceptors (Lipinski definition) is 4. The highest BCUT2D eigenvalue weighted by Crippen LogP contribution is 2.36. The monoisotopic (exact) mass is 417 g/mol. The van der Waals surface area contributed by atoms with Gasteiger partial charge in [-0.05, 0) is 52.6 Å². The molecule has 1 atom stereocenters. The number of amides is 1. The van der Waals surface area contributed by atoms with Gasteiger partial charge >= 0.3 is 5.97 Å². The number of benzene rings is 3. The summed E-state index contributed by atoms with van der Waals surface area (Å²) in [4.78, 5) is 28.8. The fraction of sp³-hybridized carbons (Fsp3) is 0.125. The number of nitrogens with one attached hydrogen (secondary N) is 1. The van der Waals surface area contributed by atoms with Gasteiger partial charge < -0.3 is 16.2 Å². The maximum Gasteiger partial charge on any atom is 0.307 e. The maximum atomic E-state index is 13.7. The number of anilines is 1. The van der Waals surface area contributed by atoms with Crippen molar-refractivity contribution < 1.29 is 19.1 Å². The number of fused-ring (bicyclic) bond motifs is 1. The molecule has 1 unspecified atom stereocenters.